The van der Waals surface area contributed by atoms with Gasteiger partial charge in [0.15, 0.2) is 16.6 Å². The van der Waals surface area contributed by atoms with E-state index in [1.807, 2.05) is 18.2 Å². The number of benzene rings is 1. The van der Waals surface area contributed by atoms with E-state index in [-0.39, 0.29) is 6.79 Å². The highest BCUT2D eigenvalue weighted by molar-refractivity contribution is 7.80. The lowest BCUT2D eigenvalue weighted by Gasteiger charge is -2.27. The normalized spacial score (nSPS) is 13.2. The zero-order chi connectivity index (χ0) is 14.7. The molecule has 5 heteroatoms. The number of nitrogens with one attached hydrogen (secondary N) is 2. The second-order valence-electron chi connectivity index (χ2n) is 5.68. The molecule has 0 fully saturated rings. The van der Waals surface area contributed by atoms with E-state index in [1.54, 1.807) is 0 Å². The van der Waals surface area contributed by atoms with Gasteiger partial charge in [0.2, 0.25) is 6.79 Å². The number of fused-ring (bicyclic) bond motifs is 1. The summed E-state index contributed by atoms with van der Waals surface area (Å²) in [5.74, 6) is 2.57. The van der Waals surface area contributed by atoms with E-state index in [2.05, 4.69) is 38.3 Å². The van der Waals surface area contributed by atoms with Gasteiger partial charge in [-0.3, -0.25) is 0 Å². The standard InChI is InChI=1S/C15H22N2O2S/c1-9(2)14(10(3)4)17-15(20)16-11-5-6-12-13(7-11)19-8-18-12/h5-7,9-10,14H,8H2,1-4H3,(H2,16,17,20). The minimum absolute atomic E-state index is 0.282. The van der Waals surface area contributed by atoms with Crippen LogP contribution in [0.3, 0.4) is 0 Å². The van der Waals surface area contributed by atoms with E-state index in [0.29, 0.717) is 23.0 Å². The van der Waals surface area contributed by atoms with Crippen LogP contribution in [0.15, 0.2) is 18.2 Å². The minimum Gasteiger partial charge on any atom is -0.454 e. The van der Waals surface area contributed by atoms with E-state index in [4.69, 9.17) is 21.7 Å². The number of thiocarbonyl (C=S) groups is 1. The van der Waals surface area contributed by atoms with Gasteiger partial charge in [-0.2, -0.15) is 0 Å². The van der Waals surface area contributed by atoms with Gasteiger partial charge in [0, 0.05) is 17.8 Å². The Morgan fingerprint density at radius 3 is 2.40 bits per heavy atom. The van der Waals surface area contributed by atoms with Crippen molar-refractivity contribution in [2.24, 2.45) is 11.8 Å². The van der Waals surface area contributed by atoms with Crippen LogP contribution in [0.25, 0.3) is 0 Å². The van der Waals surface area contributed by atoms with E-state index in [1.165, 1.54) is 0 Å². The van der Waals surface area contributed by atoms with Gasteiger partial charge in [-0.25, -0.2) is 0 Å². The molecule has 1 aliphatic heterocycles. The van der Waals surface area contributed by atoms with Crippen LogP contribution in [0, 0.1) is 11.8 Å². The second-order valence-corrected chi connectivity index (χ2v) is 6.09. The molecule has 0 aromatic heterocycles. The average Bonchev–Trinajstić information content (AvgIpc) is 2.82. The van der Waals surface area contributed by atoms with Gasteiger partial charge >= 0.3 is 0 Å². The summed E-state index contributed by atoms with van der Waals surface area (Å²) in [6.45, 7) is 9.06. The SMILES string of the molecule is CC(C)C(NC(=S)Nc1ccc2c(c1)OCO2)C(C)C. The molecule has 0 bridgehead atoms. The number of ether oxygens (including phenoxy) is 2. The minimum atomic E-state index is 0.282. The van der Waals surface area contributed by atoms with Crippen LogP contribution >= 0.6 is 12.2 Å². The molecule has 110 valence electrons. The van der Waals surface area contributed by atoms with Gasteiger partial charge in [0.05, 0.1) is 0 Å². The fraction of sp³-hybridized carbons (Fsp3) is 0.533. The molecule has 0 aliphatic carbocycles. The molecular weight excluding hydrogens is 272 g/mol. The second kappa shape index (κ2) is 6.31. The summed E-state index contributed by atoms with van der Waals surface area (Å²) in [6.07, 6.45) is 0. The Labute approximate surface area is 125 Å². The van der Waals surface area contributed by atoms with Crippen LogP contribution in [0.5, 0.6) is 11.5 Å². The molecule has 1 aromatic carbocycles. The number of hydrogen-bond acceptors (Lipinski definition) is 3. The monoisotopic (exact) mass is 294 g/mol. The molecule has 0 saturated carbocycles. The maximum atomic E-state index is 5.38. The molecule has 1 aliphatic rings. The third-order valence-corrected chi connectivity index (χ3v) is 3.58. The molecule has 1 heterocycles. The number of rotatable bonds is 4. The van der Waals surface area contributed by atoms with Crippen LogP contribution in [-0.4, -0.2) is 17.9 Å². The largest absolute Gasteiger partial charge is 0.454 e. The Bertz CT molecular complexity index is 481. The fourth-order valence-corrected chi connectivity index (χ4v) is 2.65. The first kappa shape index (κ1) is 14.9. The molecule has 0 radical (unpaired) electrons. The van der Waals surface area contributed by atoms with E-state index < -0.39 is 0 Å². The zero-order valence-corrected chi connectivity index (χ0v) is 13.2. The quantitative estimate of drug-likeness (QED) is 0.833. The average molecular weight is 294 g/mol. The highest BCUT2D eigenvalue weighted by atomic mass is 32.1. The topological polar surface area (TPSA) is 42.5 Å². The Kier molecular flexibility index (Phi) is 4.70. The smallest absolute Gasteiger partial charge is 0.231 e. The van der Waals surface area contributed by atoms with Crippen LogP contribution < -0.4 is 20.1 Å². The summed E-state index contributed by atoms with van der Waals surface area (Å²) in [7, 11) is 0. The molecule has 2 rings (SSSR count). The highest BCUT2D eigenvalue weighted by Gasteiger charge is 2.18. The molecule has 0 spiro atoms. The molecular formula is C15H22N2O2S. The van der Waals surface area contributed by atoms with Crippen LogP contribution in [-0.2, 0) is 0 Å². The van der Waals surface area contributed by atoms with Crippen molar-refractivity contribution in [3.05, 3.63) is 18.2 Å². The van der Waals surface area contributed by atoms with Crippen LogP contribution in [0.2, 0.25) is 0 Å². The number of hydrogen-bond donors (Lipinski definition) is 2. The van der Waals surface area contributed by atoms with E-state index >= 15 is 0 Å². The summed E-state index contributed by atoms with van der Waals surface area (Å²) in [5.41, 5.74) is 0.901. The first-order valence-corrected chi connectivity index (χ1v) is 7.35. The Balaban J connectivity index is 1.97. The van der Waals surface area contributed by atoms with Crippen molar-refractivity contribution in [3.8, 4) is 11.5 Å². The van der Waals surface area contributed by atoms with Crippen molar-refractivity contribution in [1.29, 1.82) is 0 Å². The van der Waals surface area contributed by atoms with Gasteiger partial charge in [0.25, 0.3) is 0 Å². The molecule has 1 aromatic rings. The highest BCUT2D eigenvalue weighted by Crippen LogP contribution is 2.34. The Morgan fingerprint density at radius 1 is 1.10 bits per heavy atom. The Hall–Kier alpha value is -1.49. The van der Waals surface area contributed by atoms with Gasteiger partial charge < -0.3 is 20.1 Å². The first-order valence-electron chi connectivity index (χ1n) is 6.94. The van der Waals surface area contributed by atoms with Crippen LogP contribution in [0.4, 0.5) is 5.69 Å². The van der Waals surface area contributed by atoms with Gasteiger partial charge in [-0.1, -0.05) is 27.7 Å². The predicted molar refractivity (Wildman–Crippen MR) is 85.4 cm³/mol. The van der Waals surface area contributed by atoms with Crippen molar-refractivity contribution in [2.75, 3.05) is 12.1 Å². The van der Waals surface area contributed by atoms with Crippen LogP contribution in [0.1, 0.15) is 27.7 Å². The summed E-state index contributed by atoms with van der Waals surface area (Å²) >= 11 is 5.38. The maximum Gasteiger partial charge on any atom is 0.231 e. The van der Waals surface area contributed by atoms with Gasteiger partial charge in [-0.15, -0.1) is 0 Å². The summed E-state index contributed by atoms with van der Waals surface area (Å²) in [6, 6.07) is 6.07. The lowest BCUT2D eigenvalue weighted by atomic mass is 9.93. The molecule has 4 nitrogen and oxygen atoms in total. The summed E-state index contributed by atoms with van der Waals surface area (Å²) in [4.78, 5) is 0. The van der Waals surface area contributed by atoms with Gasteiger partial charge in [-0.05, 0) is 36.2 Å². The lowest BCUT2D eigenvalue weighted by molar-refractivity contribution is 0.174. The summed E-state index contributed by atoms with van der Waals surface area (Å²) < 4.78 is 10.6. The van der Waals surface area contributed by atoms with Crippen molar-refractivity contribution in [1.82, 2.24) is 5.32 Å². The summed E-state index contributed by atoms with van der Waals surface area (Å²) in [5, 5.41) is 7.21. The molecule has 0 saturated heterocycles. The van der Waals surface area contributed by atoms with Crippen molar-refractivity contribution in [3.63, 3.8) is 0 Å². The third kappa shape index (κ3) is 3.54. The number of anilines is 1. The molecule has 0 amide bonds. The maximum absolute atomic E-state index is 5.38. The third-order valence-electron chi connectivity index (χ3n) is 3.36. The first-order chi connectivity index (χ1) is 9.47. The lowest BCUT2D eigenvalue weighted by Crippen LogP contribution is -2.44. The molecule has 2 N–H and O–H groups in total. The Morgan fingerprint density at radius 2 is 1.75 bits per heavy atom. The van der Waals surface area contributed by atoms with E-state index in [0.717, 1.165) is 17.2 Å². The molecule has 20 heavy (non-hydrogen) atoms. The molecule has 0 unspecified atom stereocenters. The predicted octanol–water partition coefficient (Wildman–Crippen LogP) is 3.38. The van der Waals surface area contributed by atoms with E-state index in [9.17, 15) is 0 Å². The van der Waals surface area contributed by atoms with Crippen molar-refractivity contribution >= 4 is 23.0 Å². The zero-order valence-electron chi connectivity index (χ0n) is 12.4. The van der Waals surface area contributed by atoms with Crippen molar-refractivity contribution in [2.45, 2.75) is 33.7 Å². The fourth-order valence-electron chi connectivity index (χ4n) is 2.40. The molecule has 0 atom stereocenters. The van der Waals surface area contributed by atoms with Crippen molar-refractivity contribution < 1.29 is 9.47 Å². The van der Waals surface area contributed by atoms with Gasteiger partial charge in [0.1, 0.15) is 0 Å².